The van der Waals surface area contributed by atoms with Gasteiger partial charge in [0.05, 0.1) is 35.9 Å². The quantitative estimate of drug-likeness (QED) is 0.321. The summed E-state index contributed by atoms with van der Waals surface area (Å²) in [5.74, 6) is 2.01. The van der Waals surface area contributed by atoms with Gasteiger partial charge in [0, 0.05) is 24.7 Å². The zero-order valence-corrected chi connectivity index (χ0v) is 22.6. The number of hydrogen-bond donors (Lipinski definition) is 1. The molecule has 4 aliphatic rings. The van der Waals surface area contributed by atoms with Crippen molar-refractivity contribution in [3.63, 3.8) is 0 Å². The highest BCUT2D eigenvalue weighted by Gasteiger charge is 2.48. The van der Waals surface area contributed by atoms with Crippen LogP contribution in [-0.4, -0.2) is 40.3 Å². The lowest BCUT2D eigenvalue weighted by molar-refractivity contribution is -0.959. The smallest absolute Gasteiger partial charge is 0.231 e. The number of nitrogens with zero attached hydrogens (tertiary/aromatic N) is 2. The van der Waals surface area contributed by atoms with Gasteiger partial charge in [0.2, 0.25) is 5.89 Å². The van der Waals surface area contributed by atoms with E-state index in [-0.39, 0.29) is 12.0 Å². The van der Waals surface area contributed by atoms with Crippen molar-refractivity contribution in [3.05, 3.63) is 87.6 Å². The highest BCUT2D eigenvalue weighted by atomic mass is 35.5. The van der Waals surface area contributed by atoms with E-state index in [4.69, 9.17) is 32.4 Å². The second-order valence-electron chi connectivity index (χ2n) is 11.3. The summed E-state index contributed by atoms with van der Waals surface area (Å²) in [5, 5.41) is 13.2. The van der Waals surface area contributed by atoms with Crippen LogP contribution in [0.1, 0.15) is 61.3 Å². The van der Waals surface area contributed by atoms with Crippen LogP contribution in [0.25, 0.3) is 0 Å². The van der Waals surface area contributed by atoms with Crippen LogP contribution < -0.4 is 0 Å². The Balaban J connectivity index is 1.18. The van der Waals surface area contributed by atoms with E-state index in [1.807, 2.05) is 54.7 Å². The van der Waals surface area contributed by atoms with Crippen LogP contribution >= 0.6 is 23.2 Å². The van der Waals surface area contributed by atoms with E-state index in [0.717, 1.165) is 86.1 Å². The zero-order chi connectivity index (χ0) is 25.5. The number of ether oxygens (including phenoxy) is 1. The van der Waals surface area contributed by atoms with Crippen LogP contribution in [0.2, 0.25) is 10.0 Å². The molecule has 1 aromatic heterocycles. The van der Waals surface area contributed by atoms with Crippen LogP contribution in [0, 0.1) is 11.8 Å². The lowest BCUT2D eigenvalue weighted by Crippen LogP contribution is -2.63. The van der Waals surface area contributed by atoms with E-state index in [0.29, 0.717) is 28.5 Å². The number of quaternary nitrogens is 1. The molecule has 1 N–H and O–H groups in total. The van der Waals surface area contributed by atoms with Crippen molar-refractivity contribution in [2.75, 3.05) is 19.6 Å². The Morgan fingerprint density at radius 2 is 1.76 bits per heavy atom. The molecule has 0 radical (unpaired) electrons. The summed E-state index contributed by atoms with van der Waals surface area (Å²) in [4.78, 5) is 4.68. The fourth-order valence-electron chi connectivity index (χ4n) is 6.92. The minimum absolute atomic E-state index is 0.123. The van der Waals surface area contributed by atoms with Crippen molar-refractivity contribution in [3.8, 4) is 0 Å². The Kier molecular flexibility index (Phi) is 7.10. The highest BCUT2D eigenvalue weighted by Crippen LogP contribution is 2.45. The van der Waals surface area contributed by atoms with E-state index in [1.54, 1.807) is 0 Å². The van der Waals surface area contributed by atoms with Gasteiger partial charge in [-0.05, 0) is 36.1 Å². The van der Waals surface area contributed by atoms with Crippen LogP contribution in [-0.2, 0) is 23.5 Å². The summed E-state index contributed by atoms with van der Waals surface area (Å²) in [6.07, 6.45) is 8.61. The summed E-state index contributed by atoms with van der Waals surface area (Å²) >= 11 is 12.3. The van der Waals surface area contributed by atoms with Gasteiger partial charge in [-0.2, -0.15) is 0 Å². The third-order valence-corrected chi connectivity index (χ3v) is 9.76. The topological polar surface area (TPSA) is 55.5 Å². The Hall–Kier alpha value is -1.89. The molecule has 0 spiro atoms. The summed E-state index contributed by atoms with van der Waals surface area (Å²) in [6, 6.07) is 15.6. The molecule has 7 heteroatoms. The fraction of sp³-hybridized carbons (Fsp3) is 0.500. The van der Waals surface area contributed by atoms with Crippen molar-refractivity contribution < 1.29 is 18.7 Å². The number of aromatic nitrogens is 1. The largest absolute Gasteiger partial charge is 0.436 e. The molecule has 37 heavy (non-hydrogen) atoms. The summed E-state index contributed by atoms with van der Waals surface area (Å²) in [7, 11) is 0. The Morgan fingerprint density at radius 3 is 2.49 bits per heavy atom. The number of halogens is 2. The fourth-order valence-corrected chi connectivity index (χ4v) is 7.24. The van der Waals surface area contributed by atoms with Crippen molar-refractivity contribution in [1.29, 1.82) is 0 Å². The van der Waals surface area contributed by atoms with Gasteiger partial charge >= 0.3 is 0 Å². The molecule has 2 bridgehead atoms. The minimum atomic E-state index is -1.18. The zero-order valence-electron chi connectivity index (χ0n) is 21.1. The second-order valence-corrected chi connectivity index (χ2v) is 12.1. The molecule has 4 fully saturated rings. The summed E-state index contributed by atoms with van der Waals surface area (Å²) in [5.41, 5.74) is 0.734. The van der Waals surface area contributed by atoms with E-state index in [2.05, 4.69) is 4.98 Å². The maximum absolute atomic E-state index is 12.1. The molecule has 3 aromatic rings. The number of piperidine rings is 3. The van der Waals surface area contributed by atoms with Gasteiger partial charge < -0.3 is 18.7 Å². The average molecular weight is 543 g/mol. The van der Waals surface area contributed by atoms with Crippen LogP contribution in [0.4, 0.5) is 0 Å². The first kappa shape index (κ1) is 25.4. The normalized spacial score (nSPS) is 27.4. The number of fused-ring (bicyclic) bond motifs is 3. The average Bonchev–Trinajstić information content (AvgIpc) is 3.63. The Bertz CT molecular complexity index is 1220. The molecule has 3 saturated heterocycles. The standard InChI is InChI=1S/C30H35Cl2N2O3/c31-26-11-10-21(16-27(26)32)20-36-28-19-34(14-12-22(28)13-15-34)18-25-17-33-29(37-25)30(35,24-8-4-5-9-24)23-6-2-1-3-7-23/h1-3,6-7,10-11,16-17,22,24,28,35H,4-5,8-9,12-15,18-20H2/q+1/t22?,28-,30?,34?/m0/s1. The predicted molar refractivity (Wildman–Crippen MR) is 144 cm³/mol. The third-order valence-electron chi connectivity index (χ3n) is 9.02. The third kappa shape index (κ3) is 4.97. The highest BCUT2D eigenvalue weighted by molar-refractivity contribution is 6.42. The molecule has 1 aliphatic carbocycles. The van der Waals surface area contributed by atoms with E-state index < -0.39 is 5.60 Å². The van der Waals surface area contributed by atoms with Crippen molar-refractivity contribution in [2.45, 2.75) is 63.4 Å². The molecule has 4 heterocycles. The van der Waals surface area contributed by atoms with Gasteiger partial charge in [0.15, 0.2) is 11.4 Å². The summed E-state index contributed by atoms with van der Waals surface area (Å²) < 4.78 is 13.8. The monoisotopic (exact) mass is 541 g/mol. The van der Waals surface area contributed by atoms with Gasteiger partial charge in [-0.15, -0.1) is 0 Å². The first-order valence-corrected chi connectivity index (χ1v) is 14.3. The number of rotatable bonds is 8. The molecule has 196 valence electrons. The van der Waals surface area contributed by atoms with Gasteiger partial charge in [-0.1, -0.05) is 72.4 Å². The SMILES string of the molecule is OC(c1ccccc1)(c1ncc(C[N+]23CCC(CC2)[C@@H](OCc2ccc(Cl)c(Cl)c2)C3)o1)C1CCCC1. The Labute approximate surface area is 229 Å². The van der Waals surface area contributed by atoms with Gasteiger partial charge in [-0.3, -0.25) is 0 Å². The van der Waals surface area contributed by atoms with Crippen LogP contribution in [0.5, 0.6) is 0 Å². The number of benzene rings is 2. The molecule has 2 aromatic carbocycles. The number of oxazole rings is 1. The first-order valence-electron chi connectivity index (χ1n) is 13.6. The van der Waals surface area contributed by atoms with E-state index >= 15 is 0 Å². The number of hydrogen-bond acceptors (Lipinski definition) is 4. The van der Waals surface area contributed by atoms with E-state index in [1.165, 1.54) is 0 Å². The molecule has 5 nitrogen and oxygen atoms in total. The van der Waals surface area contributed by atoms with Crippen molar-refractivity contribution in [2.24, 2.45) is 11.8 Å². The second kappa shape index (κ2) is 10.3. The minimum Gasteiger partial charge on any atom is -0.436 e. The molecule has 0 amide bonds. The van der Waals surface area contributed by atoms with Gasteiger partial charge in [0.1, 0.15) is 19.2 Å². The molecular weight excluding hydrogens is 507 g/mol. The van der Waals surface area contributed by atoms with Crippen LogP contribution in [0.3, 0.4) is 0 Å². The predicted octanol–water partition coefficient (Wildman–Crippen LogP) is 6.73. The summed E-state index contributed by atoms with van der Waals surface area (Å²) in [6.45, 7) is 4.53. The maximum atomic E-state index is 12.1. The molecule has 1 unspecified atom stereocenters. The lowest BCUT2D eigenvalue weighted by atomic mass is 9.80. The number of aliphatic hydroxyl groups is 1. The molecule has 2 atom stereocenters. The first-order chi connectivity index (χ1) is 18.0. The van der Waals surface area contributed by atoms with Crippen molar-refractivity contribution >= 4 is 23.2 Å². The van der Waals surface area contributed by atoms with Gasteiger partial charge in [0.25, 0.3) is 0 Å². The maximum Gasteiger partial charge on any atom is 0.231 e. The van der Waals surface area contributed by atoms with Crippen molar-refractivity contribution in [1.82, 2.24) is 4.98 Å². The molecular formula is C30H35Cl2N2O3+. The molecule has 7 rings (SSSR count). The molecule has 3 aliphatic heterocycles. The molecule has 1 saturated carbocycles. The van der Waals surface area contributed by atoms with Crippen LogP contribution in [0.15, 0.2) is 59.1 Å². The Morgan fingerprint density at radius 1 is 1.00 bits per heavy atom. The van der Waals surface area contributed by atoms with E-state index in [9.17, 15) is 5.11 Å². The lowest BCUT2D eigenvalue weighted by Gasteiger charge is -2.52. The van der Waals surface area contributed by atoms with Gasteiger partial charge in [-0.25, -0.2) is 4.98 Å².